The first kappa shape index (κ1) is 20.0. The lowest BCUT2D eigenvalue weighted by Crippen LogP contribution is -2.31. The SMILES string of the molecule is O=C(NC[C@H]1CCCO1)c1ccc(Cn2c(=S)[nH]c3ccc(Br)cc3c2=O)cc1. The Hall–Kier alpha value is -2.29. The molecule has 6 nitrogen and oxygen atoms in total. The smallest absolute Gasteiger partial charge is 0.262 e. The van der Waals surface area contributed by atoms with Crippen molar-refractivity contribution in [3.63, 3.8) is 0 Å². The van der Waals surface area contributed by atoms with Crippen LogP contribution in [0.1, 0.15) is 28.8 Å². The molecule has 4 rings (SSSR count). The molecule has 2 aromatic carbocycles. The van der Waals surface area contributed by atoms with Crippen molar-refractivity contribution < 1.29 is 9.53 Å². The molecule has 0 saturated carbocycles. The fourth-order valence-electron chi connectivity index (χ4n) is 3.42. The Balaban J connectivity index is 1.51. The van der Waals surface area contributed by atoms with E-state index in [0.717, 1.165) is 29.5 Å². The predicted octanol–water partition coefficient (Wildman–Crippen LogP) is 3.78. The number of hydrogen-bond donors (Lipinski definition) is 2. The van der Waals surface area contributed by atoms with Gasteiger partial charge in [0.05, 0.1) is 23.6 Å². The summed E-state index contributed by atoms with van der Waals surface area (Å²) in [5, 5.41) is 3.48. The first-order chi connectivity index (χ1) is 14.0. The van der Waals surface area contributed by atoms with Crippen LogP contribution in [0.25, 0.3) is 10.9 Å². The Kier molecular flexibility index (Phi) is 5.94. The molecule has 0 radical (unpaired) electrons. The summed E-state index contributed by atoms with van der Waals surface area (Å²) in [7, 11) is 0. The van der Waals surface area contributed by atoms with Crippen LogP contribution in [0.5, 0.6) is 0 Å². The maximum Gasteiger partial charge on any atom is 0.262 e. The lowest BCUT2D eigenvalue weighted by molar-refractivity contribution is 0.0858. The van der Waals surface area contributed by atoms with Crippen LogP contribution in [0.15, 0.2) is 51.7 Å². The summed E-state index contributed by atoms with van der Waals surface area (Å²) in [6.07, 6.45) is 2.14. The fourth-order valence-corrected chi connectivity index (χ4v) is 4.04. The van der Waals surface area contributed by atoms with Gasteiger partial charge in [0.1, 0.15) is 0 Å². The molecule has 0 unspecified atom stereocenters. The number of hydrogen-bond acceptors (Lipinski definition) is 4. The van der Waals surface area contributed by atoms with Gasteiger partial charge in [-0.25, -0.2) is 0 Å². The number of nitrogens with zero attached hydrogens (tertiary/aromatic N) is 1. The summed E-state index contributed by atoms with van der Waals surface area (Å²) in [4.78, 5) is 28.3. The van der Waals surface area contributed by atoms with Crippen LogP contribution >= 0.6 is 28.1 Å². The summed E-state index contributed by atoms with van der Waals surface area (Å²) in [6.45, 7) is 1.62. The first-order valence-corrected chi connectivity index (χ1v) is 10.6. The lowest BCUT2D eigenvalue weighted by atomic mass is 10.1. The van der Waals surface area contributed by atoms with Crippen LogP contribution in [0, 0.1) is 4.77 Å². The Bertz CT molecular complexity index is 1160. The number of carbonyl (C=O) groups is 1. The summed E-state index contributed by atoms with van der Waals surface area (Å²) >= 11 is 8.77. The van der Waals surface area contributed by atoms with Gasteiger partial charge in [0.2, 0.25) is 0 Å². The van der Waals surface area contributed by atoms with Crippen molar-refractivity contribution in [3.8, 4) is 0 Å². The van der Waals surface area contributed by atoms with Crippen LogP contribution in [0.2, 0.25) is 0 Å². The maximum atomic E-state index is 12.9. The number of carbonyl (C=O) groups excluding carboxylic acids is 1. The maximum absolute atomic E-state index is 12.9. The number of H-pyrrole nitrogens is 1. The molecule has 1 aliphatic heterocycles. The number of amides is 1. The molecule has 0 aliphatic carbocycles. The lowest BCUT2D eigenvalue weighted by Gasteiger charge is -2.11. The average molecular weight is 474 g/mol. The number of aromatic nitrogens is 2. The Morgan fingerprint density at radius 3 is 2.79 bits per heavy atom. The molecule has 150 valence electrons. The molecule has 1 aliphatic rings. The molecule has 29 heavy (non-hydrogen) atoms. The molecule has 1 saturated heterocycles. The molecule has 0 bridgehead atoms. The second-order valence-electron chi connectivity index (χ2n) is 7.05. The molecular weight excluding hydrogens is 454 g/mol. The van der Waals surface area contributed by atoms with Gasteiger partial charge in [-0.2, -0.15) is 0 Å². The quantitative estimate of drug-likeness (QED) is 0.552. The van der Waals surface area contributed by atoms with Gasteiger partial charge in [0.25, 0.3) is 11.5 Å². The van der Waals surface area contributed by atoms with Crippen molar-refractivity contribution in [3.05, 3.63) is 73.2 Å². The van der Waals surface area contributed by atoms with Crippen molar-refractivity contribution in [2.75, 3.05) is 13.2 Å². The summed E-state index contributed by atoms with van der Waals surface area (Å²) in [6, 6.07) is 12.7. The van der Waals surface area contributed by atoms with E-state index in [1.165, 1.54) is 4.57 Å². The molecule has 8 heteroatoms. The van der Waals surface area contributed by atoms with Gasteiger partial charge in [-0.15, -0.1) is 0 Å². The van der Waals surface area contributed by atoms with Crippen molar-refractivity contribution in [1.29, 1.82) is 0 Å². The van der Waals surface area contributed by atoms with Crippen LogP contribution < -0.4 is 10.9 Å². The zero-order chi connectivity index (χ0) is 20.4. The largest absolute Gasteiger partial charge is 0.376 e. The minimum atomic E-state index is -0.150. The normalized spacial score (nSPS) is 16.2. The van der Waals surface area contributed by atoms with E-state index < -0.39 is 0 Å². The second-order valence-corrected chi connectivity index (χ2v) is 8.36. The standard InChI is InChI=1S/C21H20BrN3O3S/c22-15-7-8-18-17(10-15)20(27)25(21(29)24-18)12-13-3-5-14(6-4-13)19(26)23-11-16-2-1-9-28-16/h3-8,10,16H,1-2,9,11-12H2,(H,23,26)(H,24,29)/t16-/m1/s1. The van der Waals surface area contributed by atoms with Crippen LogP contribution in [-0.4, -0.2) is 34.7 Å². The van der Waals surface area contributed by atoms with E-state index in [-0.39, 0.29) is 17.6 Å². The van der Waals surface area contributed by atoms with Crippen molar-refractivity contribution >= 4 is 45.0 Å². The predicted molar refractivity (Wildman–Crippen MR) is 118 cm³/mol. The van der Waals surface area contributed by atoms with Gasteiger partial charge < -0.3 is 15.0 Å². The highest BCUT2D eigenvalue weighted by molar-refractivity contribution is 9.10. The minimum Gasteiger partial charge on any atom is -0.376 e. The molecular formula is C21H20BrN3O3S. The number of ether oxygens (including phenoxy) is 1. The molecule has 0 spiro atoms. The Morgan fingerprint density at radius 2 is 2.07 bits per heavy atom. The minimum absolute atomic E-state index is 0.111. The van der Waals surface area contributed by atoms with E-state index >= 15 is 0 Å². The number of nitrogens with one attached hydrogen (secondary N) is 2. The average Bonchev–Trinajstić information content (AvgIpc) is 3.24. The molecule has 3 aromatic rings. The summed E-state index contributed by atoms with van der Waals surface area (Å²) in [5.41, 5.74) is 2.02. The van der Waals surface area contributed by atoms with E-state index in [4.69, 9.17) is 17.0 Å². The zero-order valence-corrected chi connectivity index (χ0v) is 18.0. The van der Waals surface area contributed by atoms with Gasteiger partial charge in [0.15, 0.2) is 4.77 Å². The number of rotatable bonds is 5. The number of aromatic amines is 1. The van der Waals surface area contributed by atoms with E-state index in [1.807, 2.05) is 24.3 Å². The summed E-state index contributed by atoms with van der Waals surface area (Å²) < 4.78 is 8.24. The van der Waals surface area contributed by atoms with Crippen LogP contribution in [-0.2, 0) is 11.3 Å². The Labute approximate surface area is 181 Å². The van der Waals surface area contributed by atoms with E-state index in [0.29, 0.717) is 34.3 Å². The van der Waals surface area contributed by atoms with Crippen molar-refractivity contribution in [2.24, 2.45) is 0 Å². The van der Waals surface area contributed by atoms with Gasteiger partial charge in [-0.3, -0.25) is 14.2 Å². The van der Waals surface area contributed by atoms with Gasteiger partial charge in [-0.05, 0) is 61.0 Å². The highest BCUT2D eigenvalue weighted by atomic mass is 79.9. The molecule has 1 aromatic heterocycles. The van der Waals surface area contributed by atoms with Crippen LogP contribution in [0.4, 0.5) is 0 Å². The van der Waals surface area contributed by atoms with E-state index in [2.05, 4.69) is 26.2 Å². The third-order valence-corrected chi connectivity index (χ3v) is 5.83. The zero-order valence-electron chi connectivity index (χ0n) is 15.6. The molecule has 1 atom stereocenters. The fraction of sp³-hybridized carbons (Fsp3) is 0.286. The first-order valence-electron chi connectivity index (χ1n) is 9.42. The third kappa shape index (κ3) is 4.49. The summed E-state index contributed by atoms with van der Waals surface area (Å²) in [5.74, 6) is -0.128. The number of benzene rings is 2. The molecule has 1 fully saturated rings. The highest BCUT2D eigenvalue weighted by Crippen LogP contribution is 2.16. The monoisotopic (exact) mass is 473 g/mol. The van der Waals surface area contributed by atoms with E-state index in [1.54, 1.807) is 18.2 Å². The second kappa shape index (κ2) is 8.61. The van der Waals surface area contributed by atoms with Crippen molar-refractivity contribution in [1.82, 2.24) is 14.9 Å². The van der Waals surface area contributed by atoms with Gasteiger partial charge in [-0.1, -0.05) is 28.1 Å². The van der Waals surface area contributed by atoms with Gasteiger partial charge in [0, 0.05) is 23.2 Å². The third-order valence-electron chi connectivity index (χ3n) is 5.02. The molecule has 1 amide bonds. The van der Waals surface area contributed by atoms with E-state index in [9.17, 15) is 9.59 Å². The van der Waals surface area contributed by atoms with Crippen molar-refractivity contribution in [2.45, 2.75) is 25.5 Å². The highest BCUT2D eigenvalue weighted by Gasteiger charge is 2.16. The molecule has 2 heterocycles. The number of halogens is 1. The number of fused-ring (bicyclic) bond motifs is 1. The topological polar surface area (TPSA) is 76.1 Å². The Morgan fingerprint density at radius 1 is 1.28 bits per heavy atom. The van der Waals surface area contributed by atoms with Gasteiger partial charge >= 0.3 is 0 Å². The van der Waals surface area contributed by atoms with Crippen LogP contribution in [0.3, 0.4) is 0 Å². The molecule has 2 N–H and O–H groups in total.